The molecule has 0 spiro atoms. The quantitative estimate of drug-likeness (QED) is 0.132. The molecular formula is C53H54N10O6. The molecule has 3 fully saturated rings. The second kappa shape index (κ2) is 17.4. The zero-order chi connectivity index (χ0) is 47.7. The maximum absolute atomic E-state index is 13.9. The Morgan fingerprint density at radius 2 is 1.67 bits per heavy atom. The molecule has 5 aromatic rings. The molecule has 16 heteroatoms. The highest BCUT2D eigenvalue weighted by Gasteiger charge is 2.45. The Kier molecular flexibility index (Phi) is 11.2. The Hall–Kier alpha value is -7.22. The van der Waals surface area contributed by atoms with Crippen molar-refractivity contribution >= 4 is 52.7 Å². The molecule has 2 aliphatic carbocycles. The van der Waals surface area contributed by atoms with Crippen molar-refractivity contribution in [2.45, 2.75) is 97.0 Å². The second-order valence-electron chi connectivity index (χ2n) is 20.1. The Labute approximate surface area is 400 Å². The molecule has 6 aliphatic rings. The zero-order valence-corrected chi connectivity index (χ0v) is 39.0. The van der Waals surface area contributed by atoms with Gasteiger partial charge >= 0.3 is 0 Å². The minimum Gasteiger partial charge on any atom is -0.392 e. The predicted molar refractivity (Wildman–Crippen MR) is 258 cm³/mol. The van der Waals surface area contributed by atoms with Gasteiger partial charge in [0.05, 0.1) is 29.6 Å². The molecule has 1 aromatic carbocycles. The highest BCUT2D eigenvalue weighted by molar-refractivity contribution is 6.23. The van der Waals surface area contributed by atoms with Crippen LogP contribution in [0.15, 0.2) is 73.2 Å². The number of pyridine rings is 3. The summed E-state index contributed by atoms with van der Waals surface area (Å²) in [6.45, 7) is 10.4. The Morgan fingerprint density at radius 3 is 2.46 bits per heavy atom. The highest BCUT2D eigenvalue weighted by Crippen LogP contribution is 2.41. The number of rotatable bonds is 8. The number of aromatic nitrogens is 4. The van der Waals surface area contributed by atoms with E-state index in [0.717, 1.165) is 73.5 Å². The summed E-state index contributed by atoms with van der Waals surface area (Å²) in [4.78, 5) is 86.1. The lowest BCUT2D eigenvalue weighted by molar-refractivity contribution is -0.136. The first-order valence-electron chi connectivity index (χ1n) is 24.0. The average Bonchev–Trinajstić information content (AvgIpc) is 4.09. The van der Waals surface area contributed by atoms with Gasteiger partial charge in [0, 0.05) is 86.4 Å². The number of aliphatic hydroxyl groups excluding tert-OH is 1. The monoisotopic (exact) mass is 926 g/mol. The van der Waals surface area contributed by atoms with E-state index in [9.17, 15) is 29.1 Å². The van der Waals surface area contributed by atoms with Crippen LogP contribution in [0, 0.1) is 23.2 Å². The van der Waals surface area contributed by atoms with E-state index in [0.29, 0.717) is 53.4 Å². The van der Waals surface area contributed by atoms with Crippen LogP contribution >= 0.6 is 0 Å². The fraction of sp³-hybridized carbons (Fsp3) is 0.396. The van der Waals surface area contributed by atoms with Crippen molar-refractivity contribution in [2.75, 3.05) is 41.3 Å². The van der Waals surface area contributed by atoms with Crippen molar-refractivity contribution < 1.29 is 29.1 Å². The van der Waals surface area contributed by atoms with Crippen LogP contribution in [0.5, 0.6) is 0 Å². The first kappa shape index (κ1) is 44.3. The minimum atomic E-state index is -1.000. The van der Waals surface area contributed by atoms with Crippen molar-refractivity contribution in [3.8, 4) is 23.0 Å². The standard InChI is InChI=1S/C53H54N10O6/c1-31-29-59(36-8-6-32(22-36)4-5-33-7-10-39-40(23-33)51(68)63(50(39)67)42-11-13-47(65)58-49(42)66)18-19-60(31)37-9-12-45(56-28-37)57-46-25-34(14-16-54-46)38-15-17-55-48(41(38)30-64)62-21-20-61-43(52(62)69)24-35-26-53(2,3)27-44(35)61/h7,9-10,12,14-17,23-25,28,31-32,36,42,64H,6,8,11,13,18-22,26-27,29-30H2,1-3H3,(H,54,56,57)(H,58,65,66)/t31-,32-,36+,42?/m0/s1. The summed E-state index contributed by atoms with van der Waals surface area (Å²) in [5.74, 6) is 6.44. The molecule has 1 unspecified atom stereocenters. The van der Waals surface area contributed by atoms with Crippen molar-refractivity contribution in [3.63, 3.8) is 0 Å². The van der Waals surface area contributed by atoms with Gasteiger partial charge in [0.15, 0.2) is 0 Å². The fourth-order valence-electron chi connectivity index (χ4n) is 11.5. The van der Waals surface area contributed by atoms with Crippen LogP contribution in [0.4, 0.5) is 23.1 Å². The minimum absolute atomic E-state index is 0.0747. The number of nitrogens with one attached hydrogen (secondary N) is 2. The predicted octanol–water partition coefficient (Wildman–Crippen LogP) is 5.49. The molecule has 4 aliphatic heterocycles. The van der Waals surface area contributed by atoms with E-state index < -0.39 is 29.7 Å². The first-order chi connectivity index (χ1) is 33.3. The molecule has 0 radical (unpaired) electrons. The third kappa shape index (κ3) is 8.12. The molecule has 11 rings (SSSR count). The van der Waals surface area contributed by atoms with E-state index in [1.54, 1.807) is 35.5 Å². The number of piperidine rings is 1. The van der Waals surface area contributed by atoms with E-state index in [1.165, 1.54) is 11.3 Å². The van der Waals surface area contributed by atoms with Gasteiger partial charge in [-0.1, -0.05) is 25.7 Å². The van der Waals surface area contributed by atoms with Gasteiger partial charge in [0.2, 0.25) is 11.8 Å². The molecule has 2 saturated heterocycles. The summed E-state index contributed by atoms with van der Waals surface area (Å²) >= 11 is 0. The lowest BCUT2D eigenvalue weighted by Crippen LogP contribution is -2.54. The van der Waals surface area contributed by atoms with E-state index >= 15 is 0 Å². The van der Waals surface area contributed by atoms with Crippen LogP contribution in [0.2, 0.25) is 0 Å². The Balaban J connectivity index is 0.697. The average molecular weight is 927 g/mol. The van der Waals surface area contributed by atoms with Crippen LogP contribution in [0.3, 0.4) is 0 Å². The van der Waals surface area contributed by atoms with Gasteiger partial charge in [-0.3, -0.25) is 44.0 Å². The van der Waals surface area contributed by atoms with Crippen molar-refractivity contribution in [3.05, 3.63) is 112 Å². The molecule has 0 bridgehead atoms. The van der Waals surface area contributed by atoms with Gasteiger partial charge in [-0.2, -0.15) is 0 Å². The normalized spacial score (nSPS) is 23.1. The number of hydrogen-bond acceptors (Lipinski definition) is 12. The van der Waals surface area contributed by atoms with Gasteiger partial charge in [-0.15, -0.1) is 0 Å². The number of nitrogens with zero attached hydrogens (tertiary/aromatic N) is 8. The Morgan fingerprint density at radius 1 is 0.826 bits per heavy atom. The topological polar surface area (TPSA) is 186 Å². The molecule has 5 amide bonds. The van der Waals surface area contributed by atoms with E-state index in [4.69, 9.17) is 4.98 Å². The maximum Gasteiger partial charge on any atom is 0.276 e. The van der Waals surface area contributed by atoms with Crippen molar-refractivity contribution in [2.24, 2.45) is 11.3 Å². The van der Waals surface area contributed by atoms with Crippen LogP contribution in [-0.4, -0.2) is 108 Å². The third-order valence-corrected chi connectivity index (χ3v) is 14.9. The first-order valence-corrected chi connectivity index (χ1v) is 24.0. The zero-order valence-electron chi connectivity index (χ0n) is 39.0. The molecule has 4 atom stereocenters. The number of piperazine rings is 1. The van der Waals surface area contributed by atoms with Gasteiger partial charge in [-0.05, 0) is 122 Å². The lowest BCUT2D eigenvalue weighted by Gasteiger charge is -2.43. The number of fused-ring (bicyclic) bond motifs is 4. The molecular weight excluding hydrogens is 873 g/mol. The van der Waals surface area contributed by atoms with Crippen LogP contribution < -0.4 is 20.4 Å². The largest absolute Gasteiger partial charge is 0.392 e. The van der Waals surface area contributed by atoms with Gasteiger partial charge in [0.25, 0.3) is 17.7 Å². The highest BCUT2D eigenvalue weighted by atomic mass is 16.3. The Bertz CT molecular complexity index is 3020. The summed E-state index contributed by atoms with van der Waals surface area (Å²) in [6, 6.07) is 16.5. The number of carbonyl (C=O) groups excluding carboxylic acids is 5. The maximum atomic E-state index is 13.9. The summed E-state index contributed by atoms with van der Waals surface area (Å²) in [5.41, 5.74) is 7.78. The number of amides is 5. The van der Waals surface area contributed by atoms with Crippen LogP contribution in [0.25, 0.3) is 11.1 Å². The number of imide groups is 2. The molecule has 1 saturated carbocycles. The number of carbonyl (C=O) groups is 5. The molecule has 3 N–H and O–H groups in total. The summed E-state index contributed by atoms with van der Waals surface area (Å²) in [5, 5.41) is 16.3. The molecule has 4 aromatic heterocycles. The summed E-state index contributed by atoms with van der Waals surface area (Å²) < 4.78 is 2.18. The number of benzene rings is 1. The second-order valence-corrected chi connectivity index (χ2v) is 20.1. The molecule has 16 nitrogen and oxygen atoms in total. The molecule has 69 heavy (non-hydrogen) atoms. The van der Waals surface area contributed by atoms with Gasteiger partial charge in [-0.25, -0.2) is 15.0 Å². The molecule has 8 heterocycles. The fourth-order valence-corrected chi connectivity index (χ4v) is 11.5. The number of anilines is 4. The smallest absolute Gasteiger partial charge is 0.276 e. The summed E-state index contributed by atoms with van der Waals surface area (Å²) in [6.07, 6.45) is 10.4. The van der Waals surface area contributed by atoms with E-state index in [-0.39, 0.29) is 53.9 Å². The van der Waals surface area contributed by atoms with Crippen LogP contribution in [-0.2, 0) is 35.6 Å². The lowest BCUT2D eigenvalue weighted by atomic mass is 9.90. The third-order valence-electron chi connectivity index (χ3n) is 14.9. The van der Waals surface area contributed by atoms with Gasteiger partial charge < -0.3 is 19.9 Å². The van der Waals surface area contributed by atoms with Gasteiger partial charge in [0.1, 0.15) is 29.2 Å². The summed E-state index contributed by atoms with van der Waals surface area (Å²) in [7, 11) is 0. The number of hydrogen-bond donors (Lipinski definition) is 3. The van der Waals surface area contributed by atoms with Crippen molar-refractivity contribution in [1.82, 2.24) is 34.6 Å². The SMILES string of the molecule is C[C@H]1CN([C@@H]2CC[C@H](C#Cc3ccc4c(c3)C(=O)N(C3CCC(=O)NC3=O)C4=O)C2)CCN1c1ccc(Nc2cc(-c3ccnc(N4CCn5c(cc6c5CC(C)(C)C6)C4=O)c3CO)ccn2)nc1. The molecule has 352 valence electrons. The van der Waals surface area contributed by atoms with E-state index in [1.807, 2.05) is 30.5 Å². The van der Waals surface area contributed by atoms with E-state index in [2.05, 4.69) is 79.7 Å². The van der Waals surface area contributed by atoms with Crippen LogP contribution in [0.1, 0.15) is 106 Å². The van der Waals surface area contributed by atoms with Crippen molar-refractivity contribution in [1.29, 1.82) is 0 Å². The number of aliphatic hydroxyl groups is 1.